The predicted octanol–water partition coefficient (Wildman–Crippen LogP) is 5.32. The molecule has 1 aliphatic carbocycles. The molecule has 1 N–H and O–H groups in total. The van der Waals surface area contributed by atoms with Crippen LogP contribution in [0.3, 0.4) is 0 Å². The Kier molecular flexibility index (Phi) is 4.84. The number of aryl methyl sites for hydroxylation is 2. The summed E-state index contributed by atoms with van der Waals surface area (Å²) in [7, 11) is 1.68. The van der Waals surface area contributed by atoms with Gasteiger partial charge in [0.1, 0.15) is 5.52 Å². The van der Waals surface area contributed by atoms with Gasteiger partial charge in [0.15, 0.2) is 11.5 Å². The van der Waals surface area contributed by atoms with Gasteiger partial charge in [-0.05, 0) is 68.9 Å². The standard InChI is InChI=1S/C22H25N3O2/c1-14-12-23-13-15(2)20(14)25-18-10-11-24-21-17(18)8-9-19(26-3)22(21)27-16-6-4-5-7-16/h8-13,16H,4-7H2,1-3H3,(H,23,24,25). The van der Waals surface area contributed by atoms with Crippen molar-refractivity contribution >= 4 is 22.3 Å². The van der Waals surface area contributed by atoms with Crippen molar-refractivity contribution in [3.63, 3.8) is 0 Å². The fourth-order valence-electron chi connectivity index (χ4n) is 3.76. The normalized spacial score (nSPS) is 14.5. The number of hydrogen-bond donors (Lipinski definition) is 1. The molecule has 5 heteroatoms. The van der Waals surface area contributed by atoms with Crippen LogP contribution in [0.15, 0.2) is 36.8 Å². The minimum atomic E-state index is 0.243. The highest BCUT2D eigenvalue weighted by Gasteiger charge is 2.21. The smallest absolute Gasteiger partial charge is 0.187 e. The average Bonchev–Trinajstić information content (AvgIpc) is 3.18. The molecule has 0 atom stereocenters. The highest BCUT2D eigenvalue weighted by Crippen LogP contribution is 2.40. The number of nitrogens with zero attached hydrogens (tertiary/aromatic N) is 2. The van der Waals surface area contributed by atoms with Gasteiger partial charge < -0.3 is 14.8 Å². The fourth-order valence-corrected chi connectivity index (χ4v) is 3.76. The van der Waals surface area contributed by atoms with Gasteiger partial charge in [-0.25, -0.2) is 0 Å². The van der Waals surface area contributed by atoms with Crippen LogP contribution in [0.25, 0.3) is 10.9 Å². The van der Waals surface area contributed by atoms with Crippen molar-refractivity contribution in [1.82, 2.24) is 9.97 Å². The van der Waals surface area contributed by atoms with Crippen LogP contribution in [0.1, 0.15) is 36.8 Å². The number of anilines is 2. The summed E-state index contributed by atoms with van der Waals surface area (Å²) < 4.78 is 11.9. The number of hydrogen-bond acceptors (Lipinski definition) is 5. The van der Waals surface area contributed by atoms with E-state index in [1.165, 1.54) is 12.8 Å². The van der Waals surface area contributed by atoms with Crippen molar-refractivity contribution in [2.24, 2.45) is 0 Å². The summed E-state index contributed by atoms with van der Waals surface area (Å²) in [5, 5.41) is 4.58. The van der Waals surface area contributed by atoms with E-state index < -0.39 is 0 Å². The van der Waals surface area contributed by atoms with Crippen molar-refractivity contribution in [1.29, 1.82) is 0 Å². The number of ether oxygens (including phenoxy) is 2. The van der Waals surface area contributed by atoms with Crippen LogP contribution in [-0.2, 0) is 0 Å². The van der Waals surface area contributed by atoms with Crippen molar-refractivity contribution < 1.29 is 9.47 Å². The highest BCUT2D eigenvalue weighted by atomic mass is 16.5. The zero-order valence-electron chi connectivity index (χ0n) is 16.1. The highest BCUT2D eigenvalue weighted by molar-refractivity contribution is 5.98. The zero-order chi connectivity index (χ0) is 18.8. The van der Waals surface area contributed by atoms with Gasteiger partial charge in [0, 0.05) is 35.4 Å². The average molecular weight is 363 g/mol. The summed E-state index contributed by atoms with van der Waals surface area (Å²) in [5.74, 6) is 1.48. The lowest BCUT2D eigenvalue weighted by Crippen LogP contribution is -2.12. The molecule has 1 aromatic carbocycles. The van der Waals surface area contributed by atoms with Gasteiger partial charge in [-0.1, -0.05) is 0 Å². The first-order chi connectivity index (χ1) is 13.2. The summed E-state index contributed by atoms with van der Waals surface area (Å²) in [6.07, 6.45) is 10.4. The van der Waals surface area contributed by atoms with Crippen LogP contribution in [0.2, 0.25) is 0 Å². The molecule has 0 spiro atoms. The van der Waals surface area contributed by atoms with Crippen molar-refractivity contribution in [2.75, 3.05) is 12.4 Å². The van der Waals surface area contributed by atoms with E-state index >= 15 is 0 Å². The Balaban J connectivity index is 1.79. The van der Waals surface area contributed by atoms with Gasteiger partial charge in [-0.3, -0.25) is 9.97 Å². The largest absolute Gasteiger partial charge is 0.493 e. The lowest BCUT2D eigenvalue weighted by molar-refractivity contribution is 0.203. The maximum atomic E-state index is 6.34. The van der Waals surface area contributed by atoms with E-state index in [9.17, 15) is 0 Å². The number of fused-ring (bicyclic) bond motifs is 1. The SMILES string of the molecule is COc1ccc2c(Nc3c(C)cncc3C)ccnc2c1OC1CCCC1. The van der Waals surface area contributed by atoms with E-state index in [0.717, 1.165) is 57.7 Å². The van der Waals surface area contributed by atoms with Gasteiger partial charge in [0.2, 0.25) is 0 Å². The number of benzene rings is 1. The first-order valence-electron chi connectivity index (χ1n) is 9.48. The fraction of sp³-hybridized carbons (Fsp3) is 0.364. The maximum absolute atomic E-state index is 6.34. The molecule has 1 saturated carbocycles. The minimum absolute atomic E-state index is 0.243. The zero-order valence-corrected chi connectivity index (χ0v) is 16.1. The molecular weight excluding hydrogens is 338 g/mol. The Morgan fingerprint density at radius 3 is 2.48 bits per heavy atom. The second-order valence-electron chi connectivity index (χ2n) is 7.15. The van der Waals surface area contributed by atoms with Gasteiger partial charge in [-0.2, -0.15) is 0 Å². The van der Waals surface area contributed by atoms with E-state index in [4.69, 9.17) is 9.47 Å². The number of methoxy groups -OCH3 is 1. The topological polar surface area (TPSA) is 56.3 Å². The first kappa shape index (κ1) is 17.6. The number of aromatic nitrogens is 2. The molecule has 0 saturated heterocycles. The molecule has 0 amide bonds. The van der Waals surface area contributed by atoms with Gasteiger partial charge >= 0.3 is 0 Å². The molecule has 5 nitrogen and oxygen atoms in total. The molecule has 1 aliphatic rings. The van der Waals surface area contributed by atoms with E-state index in [1.54, 1.807) is 7.11 Å². The van der Waals surface area contributed by atoms with E-state index in [2.05, 4.69) is 29.1 Å². The molecule has 0 radical (unpaired) electrons. The summed E-state index contributed by atoms with van der Waals surface area (Å²) in [6.45, 7) is 4.12. The Morgan fingerprint density at radius 2 is 1.78 bits per heavy atom. The number of rotatable bonds is 5. The lowest BCUT2D eigenvalue weighted by atomic mass is 10.1. The molecule has 0 unspecified atom stereocenters. The van der Waals surface area contributed by atoms with E-state index in [0.29, 0.717) is 0 Å². The molecule has 140 valence electrons. The first-order valence-corrected chi connectivity index (χ1v) is 9.48. The van der Waals surface area contributed by atoms with Crippen LogP contribution in [0, 0.1) is 13.8 Å². The molecule has 1 fully saturated rings. The molecule has 4 rings (SSSR count). The molecule has 2 aromatic heterocycles. The minimum Gasteiger partial charge on any atom is -0.493 e. The Bertz CT molecular complexity index is 945. The quantitative estimate of drug-likeness (QED) is 0.665. The summed E-state index contributed by atoms with van der Waals surface area (Å²) >= 11 is 0. The van der Waals surface area contributed by atoms with E-state index in [-0.39, 0.29) is 6.10 Å². The number of nitrogens with one attached hydrogen (secondary N) is 1. The lowest BCUT2D eigenvalue weighted by Gasteiger charge is -2.19. The van der Waals surface area contributed by atoms with Gasteiger partial charge in [0.05, 0.1) is 13.2 Å². The summed E-state index contributed by atoms with van der Waals surface area (Å²) in [5.41, 5.74) is 5.12. The van der Waals surface area contributed by atoms with Gasteiger partial charge in [-0.15, -0.1) is 0 Å². The van der Waals surface area contributed by atoms with Crippen molar-refractivity contribution in [3.8, 4) is 11.5 Å². The predicted molar refractivity (Wildman–Crippen MR) is 108 cm³/mol. The third-order valence-electron chi connectivity index (χ3n) is 5.22. The third kappa shape index (κ3) is 3.42. The summed E-state index contributed by atoms with van der Waals surface area (Å²) in [6, 6.07) is 6.00. The second kappa shape index (κ2) is 7.43. The Morgan fingerprint density at radius 1 is 1.04 bits per heavy atom. The molecule has 0 aliphatic heterocycles. The maximum Gasteiger partial charge on any atom is 0.187 e. The van der Waals surface area contributed by atoms with Gasteiger partial charge in [0.25, 0.3) is 0 Å². The Labute approximate surface area is 159 Å². The summed E-state index contributed by atoms with van der Waals surface area (Å²) in [4.78, 5) is 8.88. The molecular formula is C22H25N3O2. The number of pyridine rings is 2. The Hall–Kier alpha value is -2.82. The van der Waals surface area contributed by atoms with Crippen molar-refractivity contribution in [3.05, 3.63) is 47.9 Å². The van der Waals surface area contributed by atoms with Crippen LogP contribution in [0.5, 0.6) is 11.5 Å². The molecule has 3 aromatic rings. The second-order valence-corrected chi connectivity index (χ2v) is 7.15. The van der Waals surface area contributed by atoms with Crippen LogP contribution < -0.4 is 14.8 Å². The van der Waals surface area contributed by atoms with Crippen molar-refractivity contribution in [2.45, 2.75) is 45.6 Å². The van der Waals surface area contributed by atoms with Crippen LogP contribution in [0.4, 0.5) is 11.4 Å². The van der Waals surface area contributed by atoms with E-state index in [1.807, 2.05) is 36.8 Å². The molecule has 2 heterocycles. The van der Waals surface area contributed by atoms with Crippen LogP contribution >= 0.6 is 0 Å². The monoisotopic (exact) mass is 363 g/mol. The third-order valence-corrected chi connectivity index (χ3v) is 5.22. The van der Waals surface area contributed by atoms with Crippen LogP contribution in [-0.4, -0.2) is 23.2 Å². The molecule has 0 bridgehead atoms. The molecule has 27 heavy (non-hydrogen) atoms.